The molecule has 2 aromatic carbocycles. The van der Waals surface area contributed by atoms with Crippen LogP contribution in [0.3, 0.4) is 0 Å². The third-order valence-corrected chi connectivity index (χ3v) is 11.0. The minimum atomic E-state index is -3.59. The topological polar surface area (TPSA) is 92.3 Å². The molecule has 3 heterocycles. The molecule has 0 saturated carbocycles. The molecule has 0 aliphatic carbocycles. The Morgan fingerprint density at radius 2 is 1.78 bits per heavy atom. The maximum absolute atomic E-state index is 13.9. The van der Waals surface area contributed by atoms with Gasteiger partial charge in [0.15, 0.2) is 5.13 Å². The van der Waals surface area contributed by atoms with Crippen LogP contribution in [0.1, 0.15) is 42.1 Å². The van der Waals surface area contributed by atoms with Gasteiger partial charge in [0.1, 0.15) is 11.3 Å². The fourth-order valence-corrected chi connectivity index (χ4v) is 7.79. The molecule has 3 aromatic rings. The smallest absolute Gasteiger partial charge is 0.260 e. The van der Waals surface area contributed by atoms with Crippen LogP contribution in [0.4, 0.5) is 5.13 Å². The van der Waals surface area contributed by atoms with Crippen molar-refractivity contribution in [3.05, 3.63) is 47.5 Å². The third-order valence-electron chi connectivity index (χ3n) is 7.83. The number of methoxy groups -OCH3 is 1. The predicted molar refractivity (Wildman–Crippen MR) is 165 cm³/mol. The number of benzene rings is 2. The number of fused-ring (bicyclic) bond motifs is 1. The Balaban J connectivity index is 0.00000387. The second kappa shape index (κ2) is 13.8. The Hall–Kier alpha value is -2.28. The van der Waals surface area contributed by atoms with E-state index in [2.05, 4.69) is 11.8 Å². The van der Waals surface area contributed by atoms with Crippen LogP contribution in [0, 0.1) is 12.8 Å². The minimum absolute atomic E-state index is 0. The molecule has 0 atom stereocenters. The number of nitrogens with zero attached hydrogens (tertiary/aromatic N) is 4. The molecule has 1 aromatic heterocycles. The number of morpholine rings is 1. The number of thiazole rings is 1. The molecule has 0 N–H and O–H groups in total. The zero-order valence-corrected chi connectivity index (χ0v) is 26.3. The number of hydrogen-bond acceptors (Lipinski definition) is 8. The van der Waals surface area contributed by atoms with Gasteiger partial charge in [0, 0.05) is 44.8 Å². The van der Waals surface area contributed by atoms with Gasteiger partial charge in [-0.05, 0) is 68.0 Å². The summed E-state index contributed by atoms with van der Waals surface area (Å²) in [5.74, 6) is 1.01. The van der Waals surface area contributed by atoms with E-state index in [1.165, 1.54) is 11.3 Å². The summed E-state index contributed by atoms with van der Waals surface area (Å²) in [7, 11) is -1.97. The third kappa shape index (κ3) is 7.03. The van der Waals surface area contributed by atoms with Gasteiger partial charge in [-0.3, -0.25) is 14.6 Å². The standard InChI is InChI=1S/C29H38N4O5S2.ClH/c1-21-11-15-32(16-12-21)40(35,36)24-8-6-23(7-9-24)28(34)33(14-4-13-31-17-19-38-20-18-31)29-30-26-25(37-3)10-5-22(2)27(26)39-29;/h5-10,21H,4,11-20H2,1-3H3;1H. The van der Waals surface area contributed by atoms with Crippen LogP contribution in [0.5, 0.6) is 5.75 Å². The van der Waals surface area contributed by atoms with Crippen molar-refractivity contribution >= 4 is 55.0 Å². The largest absolute Gasteiger partial charge is 0.494 e. The van der Waals surface area contributed by atoms with Crippen LogP contribution in [-0.2, 0) is 14.8 Å². The Morgan fingerprint density at radius 3 is 2.44 bits per heavy atom. The van der Waals surface area contributed by atoms with E-state index >= 15 is 0 Å². The summed E-state index contributed by atoms with van der Waals surface area (Å²) in [5.41, 5.74) is 2.24. The number of hydrogen-bond donors (Lipinski definition) is 0. The number of halogens is 1. The van der Waals surface area contributed by atoms with Crippen LogP contribution in [0.25, 0.3) is 10.2 Å². The molecule has 0 bridgehead atoms. The van der Waals surface area contributed by atoms with Gasteiger partial charge in [-0.15, -0.1) is 12.4 Å². The molecule has 9 nitrogen and oxygen atoms in total. The van der Waals surface area contributed by atoms with Crippen LogP contribution >= 0.6 is 23.7 Å². The first-order valence-corrected chi connectivity index (χ1v) is 16.2. The van der Waals surface area contributed by atoms with E-state index in [0.29, 0.717) is 42.0 Å². The first-order chi connectivity index (χ1) is 19.3. The van der Waals surface area contributed by atoms with Crippen molar-refractivity contribution in [2.24, 2.45) is 5.92 Å². The number of aryl methyl sites for hydroxylation is 1. The van der Waals surface area contributed by atoms with E-state index in [4.69, 9.17) is 14.5 Å². The highest BCUT2D eigenvalue weighted by Crippen LogP contribution is 2.37. The molecule has 12 heteroatoms. The highest BCUT2D eigenvalue weighted by molar-refractivity contribution is 7.89. The van der Waals surface area contributed by atoms with Crippen molar-refractivity contribution in [2.45, 2.75) is 38.0 Å². The number of aromatic nitrogens is 1. The number of sulfonamides is 1. The average Bonchev–Trinajstić information content (AvgIpc) is 3.42. The highest BCUT2D eigenvalue weighted by atomic mass is 35.5. The summed E-state index contributed by atoms with van der Waals surface area (Å²) in [4.78, 5) is 23.0. The van der Waals surface area contributed by atoms with Gasteiger partial charge in [0.25, 0.3) is 5.91 Å². The number of ether oxygens (including phenoxy) is 2. The van der Waals surface area contributed by atoms with Crippen LogP contribution in [-0.4, -0.2) is 88.1 Å². The fraction of sp³-hybridized carbons (Fsp3) is 0.517. The quantitative estimate of drug-likeness (QED) is 0.338. The number of carbonyl (C=O) groups excluding carboxylic acids is 1. The van der Waals surface area contributed by atoms with Gasteiger partial charge in [-0.2, -0.15) is 4.31 Å². The van der Waals surface area contributed by atoms with E-state index in [9.17, 15) is 13.2 Å². The van der Waals surface area contributed by atoms with E-state index in [1.807, 2.05) is 19.1 Å². The molecule has 0 radical (unpaired) electrons. The van der Waals surface area contributed by atoms with Crippen molar-refractivity contribution in [3.63, 3.8) is 0 Å². The lowest BCUT2D eigenvalue weighted by atomic mass is 10.0. The van der Waals surface area contributed by atoms with E-state index in [1.54, 1.807) is 40.6 Å². The summed E-state index contributed by atoms with van der Waals surface area (Å²) in [6, 6.07) is 10.2. The van der Waals surface area contributed by atoms with Crippen molar-refractivity contribution in [1.29, 1.82) is 0 Å². The second-order valence-corrected chi connectivity index (χ2v) is 13.5. The molecular weight excluding hydrogens is 584 g/mol. The lowest BCUT2D eigenvalue weighted by molar-refractivity contribution is 0.0376. The summed E-state index contributed by atoms with van der Waals surface area (Å²) in [5, 5.41) is 0.605. The lowest BCUT2D eigenvalue weighted by Crippen LogP contribution is -2.39. The summed E-state index contributed by atoms with van der Waals surface area (Å²) in [6.45, 7) is 9.81. The maximum atomic E-state index is 13.9. The summed E-state index contributed by atoms with van der Waals surface area (Å²) >= 11 is 1.47. The Kier molecular flexibility index (Phi) is 10.6. The molecule has 2 saturated heterocycles. The zero-order chi connectivity index (χ0) is 28.3. The monoisotopic (exact) mass is 622 g/mol. The lowest BCUT2D eigenvalue weighted by Gasteiger charge is -2.29. The number of amides is 1. The van der Waals surface area contributed by atoms with Crippen molar-refractivity contribution in [1.82, 2.24) is 14.2 Å². The predicted octanol–water partition coefficient (Wildman–Crippen LogP) is 4.82. The van der Waals surface area contributed by atoms with Gasteiger partial charge in [0.05, 0.1) is 29.9 Å². The molecule has 224 valence electrons. The van der Waals surface area contributed by atoms with Crippen molar-refractivity contribution in [2.75, 3.05) is 64.5 Å². The fourth-order valence-electron chi connectivity index (χ4n) is 5.24. The van der Waals surface area contributed by atoms with E-state index in [0.717, 1.165) is 67.9 Å². The molecule has 2 aliphatic heterocycles. The van der Waals surface area contributed by atoms with Crippen molar-refractivity contribution in [3.8, 4) is 5.75 Å². The molecule has 2 fully saturated rings. The first-order valence-electron chi connectivity index (χ1n) is 13.9. The number of anilines is 1. The Labute approximate surface area is 252 Å². The van der Waals surface area contributed by atoms with Gasteiger partial charge < -0.3 is 9.47 Å². The van der Waals surface area contributed by atoms with Gasteiger partial charge in [0.2, 0.25) is 10.0 Å². The average molecular weight is 623 g/mol. The molecule has 41 heavy (non-hydrogen) atoms. The van der Waals surface area contributed by atoms with Crippen molar-refractivity contribution < 1.29 is 22.7 Å². The zero-order valence-electron chi connectivity index (χ0n) is 23.9. The molecule has 1 amide bonds. The Morgan fingerprint density at radius 1 is 1.10 bits per heavy atom. The Bertz CT molecular complexity index is 1430. The maximum Gasteiger partial charge on any atom is 0.260 e. The van der Waals surface area contributed by atoms with Crippen LogP contribution in [0.15, 0.2) is 41.3 Å². The first kappa shape index (κ1) is 31.7. The van der Waals surface area contributed by atoms with Crippen LogP contribution in [0.2, 0.25) is 0 Å². The highest BCUT2D eigenvalue weighted by Gasteiger charge is 2.29. The SMILES string of the molecule is COc1ccc(C)c2sc(N(CCCN3CCOCC3)C(=O)c3ccc(S(=O)(=O)N4CCC(C)CC4)cc3)nc12.Cl. The second-order valence-electron chi connectivity index (χ2n) is 10.6. The number of rotatable bonds is 9. The number of piperidine rings is 1. The van der Waals surface area contributed by atoms with Crippen LogP contribution < -0.4 is 9.64 Å². The van der Waals surface area contributed by atoms with E-state index in [-0.39, 0.29) is 23.2 Å². The van der Waals surface area contributed by atoms with Gasteiger partial charge >= 0.3 is 0 Å². The normalized spacial score (nSPS) is 17.3. The minimum Gasteiger partial charge on any atom is -0.494 e. The van der Waals surface area contributed by atoms with Gasteiger partial charge in [-0.25, -0.2) is 13.4 Å². The summed E-state index contributed by atoms with van der Waals surface area (Å²) in [6.07, 6.45) is 2.50. The molecule has 0 unspecified atom stereocenters. The molecule has 0 spiro atoms. The number of carbonyl (C=O) groups is 1. The molecular formula is C29H39ClN4O5S2. The molecule has 5 rings (SSSR count). The molecule has 2 aliphatic rings. The van der Waals surface area contributed by atoms with Gasteiger partial charge in [-0.1, -0.05) is 24.3 Å². The summed E-state index contributed by atoms with van der Waals surface area (Å²) < 4.78 is 40.0. The van der Waals surface area contributed by atoms with E-state index < -0.39 is 10.0 Å².